The van der Waals surface area contributed by atoms with Crippen molar-refractivity contribution in [3.05, 3.63) is 35.9 Å². The van der Waals surface area contributed by atoms with Gasteiger partial charge in [-0.15, -0.1) is 0 Å². The maximum absolute atomic E-state index is 12.2. The number of benzene rings is 1. The van der Waals surface area contributed by atoms with Crippen LogP contribution in [0.15, 0.2) is 30.3 Å². The van der Waals surface area contributed by atoms with Crippen LogP contribution < -0.4 is 10.6 Å². The number of ether oxygens (including phenoxy) is 2. The van der Waals surface area contributed by atoms with Crippen molar-refractivity contribution in [3.63, 3.8) is 0 Å². The summed E-state index contributed by atoms with van der Waals surface area (Å²) in [6.45, 7) is 0.236. The van der Waals surface area contributed by atoms with Crippen LogP contribution in [0.3, 0.4) is 0 Å². The number of nitrogens with one attached hydrogen (secondary N) is 2. The fourth-order valence-corrected chi connectivity index (χ4v) is 4.91. The van der Waals surface area contributed by atoms with E-state index in [0.717, 1.165) is 50.5 Å². The molecule has 0 radical (unpaired) electrons. The average Bonchev–Trinajstić information content (AvgIpc) is 3.44. The minimum Gasteiger partial charge on any atom is -0.445 e. The summed E-state index contributed by atoms with van der Waals surface area (Å²) in [5.41, 5.74) is 0.887. The van der Waals surface area contributed by atoms with Crippen molar-refractivity contribution in [1.29, 1.82) is 0 Å². The molecule has 4 atom stereocenters. The highest BCUT2D eigenvalue weighted by Crippen LogP contribution is 2.45. The maximum Gasteiger partial charge on any atom is 0.407 e. The Balaban J connectivity index is 1.31. The third-order valence-electron chi connectivity index (χ3n) is 6.65. The van der Waals surface area contributed by atoms with Gasteiger partial charge < -0.3 is 25.2 Å². The molecular formula is C25H36N2O6. The van der Waals surface area contributed by atoms with Gasteiger partial charge in [0.2, 0.25) is 5.91 Å². The van der Waals surface area contributed by atoms with E-state index in [2.05, 4.69) is 10.6 Å². The van der Waals surface area contributed by atoms with Crippen LogP contribution in [0.5, 0.6) is 0 Å². The van der Waals surface area contributed by atoms with Gasteiger partial charge in [0.1, 0.15) is 13.2 Å². The smallest absolute Gasteiger partial charge is 0.407 e. The number of aliphatic hydroxyl groups is 1. The molecule has 1 aromatic carbocycles. The van der Waals surface area contributed by atoms with Gasteiger partial charge in [-0.05, 0) is 37.2 Å². The summed E-state index contributed by atoms with van der Waals surface area (Å²) < 4.78 is 11.2. The van der Waals surface area contributed by atoms with Crippen molar-refractivity contribution in [2.24, 2.45) is 11.8 Å². The fourth-order valence-electron chi connectivity index (χ4n) is 4.91. The largest absolute Gasteiger partial charge is 0.445 e. The zero-order chi connectivity index (χ0) is 23.5. The van der Waals surface area contributed by atoms with Crippen molar-refractivity contribution in [3.8, 4) is 0 Å². The predicted octanol–water partition coefficient (Wildman–Crippen LogP) is 2.72. The van der Waals surface area contributed by atoms with Crippen LogP contribution in [-0.2, 0) is 25.7 Å². The summed E-state index contributed by atoms with van der Waals surface area (Å²) in [4.78, 5) is 35.2. The number of hydrogen-bond donors (Lipinski definition) is 3. The van der Waals surface area contributed by atoms with Crippen LogP contribution in [-0.4, -0.2) is 54.8 Å². The minimum absolute atomic E-state index is 0.0914. The number of hydrogen-bond acceptors (Lipinski definition) is 6. The van der Waals surface area contributed by atoms with Gasteiger partial charge in [-0.3, -0.25) is 9.59 Å². The summed E-state index contributed by atoms with van der Waals surface area (Å²) in [7, 11) is 0. The lowest BCUT2D eigenvalue weighted by molar-refractivity contribution is -0.122. The van der Waals surface area contributed by atoms with Gasteiger partial charge in [0, 0.05) is 18.9 Å². The van der Waals surface area contributed by atoms with Crippen molar-refractivity contribution in [2.45, 2.75) is 70.2 Å². The van der Waals surface area contributed by atoms with Crippen molar-refractivity contribution in [1.82, 2.24) is 10.6 Å². The molecule has 2 saturated heterocycles. The third kappa shape index (κ3) is 8.12. The molecule has 0 saturated carbocycles. The van der Waals surface area contributed by atoms with E-state index in [1.807, 2.05) is 30.3 Å². The first-order valence-electron chi connectivity index (χ1n) is 12.1. The van der Waals surface area contributed by atoms with Crippen LogP contribution in [0.4, 0.5) is 4.79 Å². The number of unbranched alkanes of at least 4 members (excludes halogenated alkanes) is 3. The molecule has 0 aliphatic carbocycles. The van der Waals surface area contributed by atoms with Gasteiger partial charge in [-0.25, -0.2) is 4.79 Å². The predicted molar refractivity (Wildman–Crippen MR) is 122 cm³/mol. The Morgan fingerprint density at radius 1 is 0.970 bits per heavy atom. The Bertz CT molecular complexity index is 771. The van der Waals surface area contributed by atoms with Crippen LogP contribution in [0.25, 0.3) is 0 Å². The van der Waals surface area contributed by atoms with E-state index < -0.39 is 6.09 Å². The van der Waals surface area contributed by atoms with E-state index in [0.29, 0.717) is 24.8 Å². The normalized spacial score (nSPS) is 23.3. The van der Waals surface area contributed by atoms with E-state index in [-0.39, 0.29) is 43.7 Å². The monoisotopic (exact) mass is 460 g/mol. The third-order valence-corrected chi connectivity index (χ3v) is 6.65. The second-order valence-corrected chi connectivity index (χ2v) is 8.99. The van der Waals surface area contributed by atoms with Gasteiger partial charge in [-0.2, -0.15) is 0 Å². The molecule has 2 heterocycles. The number of ketones is 1. The molecular weight excluding hydrogens is 424 g/mol. The zero-order valence-electron chi connectivity index (χ0n) is 19.2. The molecule has 33 heavy (non-hydrogen) atoms. The number of fused-ring (bicyclic) bond motifs is 2. The minimum atomic E-state index is -0.615. The molecule has 3 N–H and O–H groups in total. The Morgan fingerprint density at radius 3 is 2.45 bits per heavy atom. The average molecular weight is 461 g/mol. The van der Waals surface area contributed by atoms with Crippen molar-refractivity contribution >= 4 is 17.8 Å². The standard InChI is InChI=1S/C25H36N2O6/c28-16-19(29)10-6-1-2-7-11-20-21(23-13-12-22(20)33-23)14-26-24(30)15-27-25(31)32-17-18-8-4-3-5-9-18/h3-5,8-9,20-23,28H,1-2,6-7,10-17H2,(H,26,30)(H,27,31)/t20-,21+,22-,23+/m0/s1. The number of alkyl carbamates (subject to hydrolysis) is 1. The first kappa shape index (κ1) is 25.2. The molecule has 1 aromatic rings. The highest BCUT2D eigenvalue weighted by atomic mass is 16.5. The Hall–Kier alpha value is -2.45. The first-order chi connectivity index (χ1) is 16.1. The molecule has 182 valence electrons. The molecule has 0 spiro atoms. The first-order valence-corrected chi connectivity index (χ1v) is 12.1. The topological polar surface area (TPSA) is 114 Å². The van der Waals surface area contributed by atoms with Crippen LogP contribution >= 0.6 is 0 Å². The molecule has 3 rings (SSSR count). The Morgan fingerprint density at radius 2 is 1.70 bits per heavy atom. The highest BCUT2D eigenvalue weighted by molar-refractivity contribution is 5.82. The zero-order valence-corrected chi connectivity index (χ0v) is 19.2. The molecule has 2 bridgehead atoms. The summed E-state index contributed by atoms with van der Waals surface area (Å²) in [5, 5.41) is 14.2. The number of Topliss-reactive ketones (excluding diaryl/α,β-unsaturated/α-hetero) is 1. The van der Waals surface area contributed by atoms with E-state index >= 15 is 0 Å². The summed E-state index contributed by atoms with van der Waals surface area (Å²) >= 11 is 0. The maximum atomic E-state index is 12.2. The molecule has 8 heteroatoms. The summed E-state index contributed by atoms with van der Waals surface area (Å²) in [5.74, 6) is 0.411. The van der Waals surface area contributed by atoms with E-state index in [1.165, 1.54) is 0 Å². The summed E-state index contributed by atoms with van der Waals surface area (Å²) in [6, 6.07) is 9.37. The molecule has 2 fully saturated rings. The Labute approximate surface area is 195 Å². The van der Waals surface area contributed by atoms with E-state index in [1.54, 1.807) is 0 Å². The van der Waals surface area contributed by atoms with Gasteiger partial charge >= 0.3 is 6.09 Å². The van der Waals surface area contributed by atoms with Crippen LogP contribution in [0.2, 0.25) is 0 Å². The van der Waals surface area contributed by atoms with Crippen LogP contribution in [0, 0.1) is 11.8 Å². The van der Waals surface area contributed by atoms with Crippen molar-refractivity contribution < 1.29 is 29.0 Å². The number of carbonyl (C=O) groups excluding carboxylic acids is 3. The molecule has 2 aliphatic heterocycles. The second kappa shape index (κ2) is 13.3. The lowest BCUT2D eigenvalue weighted by Gasteiger charge is -2.28. The van der Waals surface area contributed by atoms with Gasteiger partial charge in [-0.1, -0.05) is 49.6 Å². The van der Waals surface area contributed by atoms with Crippen LogP contribution in [0.1, 0.15) is 56.9 Å². The lowest BCUT2D eigenvalue weighted by Crippen LogP contribution is -2.42. The fraction of sp³-hybridized carbons (Fsp3) is 0.640. The van der Waals surface area contributed by atoms with Gasteiger partial charge in [0.15, 0.2) is 5.78 Å². The molecule has 2 aliphatic rings. The Kier molecular flexibility index (Phi) is 10.2. The number of amides is 2. The molecule has 2 amide bonds. The lowest BCUT2D eigenvalue weighted by atomic mass is 9.76. The summed E-state index contributed by atoms with van der Waals surface area (Å²) in [6.07, 6.45) is 7.43. The van der Waals surface area contributed by atoms with E-state index in [9.17, 15) is 14.4 Å². The number of aliphatic hydroxyl groups excluding tert-OH is 1. The van der Waals surface area contributed by atoms with E-state index in [4.69, 9.17) is 14.6 Å². The van der Waals surface area contributed by atoms with Crippen molar-refractivity contribution in [2.75, 3.05) is 19.7 Å². The molecule has 0 aromatic heterocycles. The quantitative estimate of drug-likeness (QED) is 0.368. The molecule has 8 nitrogen and oxygen atoms in total. The second-order valence-electron chi connectivity index (χ2n) is 8.99. The number of rotatable bonds is 14. The SMILES string of the molecule is O=C(CO)CCCCCC[C@H]1[C@@H](CNC(=O)CNC(=O)OCc2ccccc2)[C@H]2CC[C@@H]1O2. The highest BCUT2D eigenvalue weighted by Gasteiger charge is 2.48. The number of carbonyl (C=O) groups is 3. The van der Waals surface area contributed by atoms with Gasteiger partial charge in [0.05, 0.1) is 18.8 Å². The molecule has 0 unspecified atom stereocenters. The van der Waals surface area contributed by atoms with Gasteiger partial charge in [0.25, 0.3) is 0 Å².